The summed E-state index contributed by atoms with van der Waals surface area (Å²) in [4.78, 5) is 2.51. The van der Waals surface area contributed by atoms with Crippen molar-refractivity contribution < 1.29 is 10.2 Å². The fourth-order valence-electron chi connectivity index (χ4n) is 4.26. The second kappa shape index (κ2) is 16.5. The van der Waals surface area contributed by atoms with E-state index in [0.717, 1.165) is 28.6 Å². The molecule has 0 radical (unpaired) electrons. The third-order valence-electron chi connectivity index (χ3n) is 6.33. The number of unbranched alkanes of at least 4 members (excludes halogenated alkanes) is 11. The van der Waals surface area contributed by atoms with Gasteiger partial charge in [-0.1, -0.05) is 71.1 Å². The molecule has 1 aromatic carbocycles. The van der Waals surface area contributed by atoms with Gasteiger partial charge in [0.1, 0.15) is 12.0 Å². The first kappa shape index (κ1) is 27.1. The van der Waals surface area contributed by atoms with Crippen LogP contribution in [-0.2, 0) is 0 Å². The number of phenols is 1. The summed E-state index contributed by atoms with van der Waals surface area (Å²) in [6.45, 7) is 5.58. The Labute approximate surface area is 200 Å². The molecule has 0 saturated carbocycles. The monoisotopic (exact) mass is 462 g/mol. The van der Waals surface area contributed by atoms with Gasteiger partial charge in [-0.2, -0.15) is 0 Å². The maximum absolute atomic E-state index is 10.5. The minimum absolute atomic E-state index is 0.244. The highest BCUT2D eigenvalue weighted by atomic mass is 32.1. The van der Waals surface area contributed by atoms with Gasteiger partial charge < -0.3 is 15.1 Å². The van der Waals surface area contributed by atoms with Crippen molar-refractivity contribution in [3.8, 4) is 5.75 Å². The molecular formula is C27H46N2O2S. The largest absolute Gasteiger partial charge is 0.508 e. The van der Waals surface area contributed by atoms with Crippen LogP contribution >= 0.6 is 11.3 Å². The lowest BCUT2D eigenvalue weighted by atomic mass is 10.1. The molecule has 1 atom stereocenters. The first-order chi connectivity index (χ1) is 15.6. The zero-order chi connectivity index (χ0) is 23.0. The molecule has 1 heterocycles. The molecule has 0 aliphatic rings. The normalized spacial score (nSPS) is 12.8. The Morgan fingerprint density at radius 1 is 0.875 bits per heavy atom. The number of fused-ring (bicyclic) bond motifs is 1. The molecular weight excluding hydrogens is 416 g/mol. The van der Waals surface area contributed by atoms with Gasteiger partial charge in [-0.3, -0.25) is 5.32 Å². The number of aliphatic hydroxyl groups is 1. The molecule has 0 spiro atoms. The Morgan fingerprint density at radius 3 is 2.12 bits per heavy atom. The van der Waals surface area contributed by atoms with Gasteiger partial charge in [-0.15, -0.1) is 11.3 Å². The van der Waals surface area contributed by atoms with E-state index in [1.54, 1.807) is 23.5 Å². The molecule has 0 aliphatic heterocycles. The molecule has 3 N–H and O–H groups in total. The van der Waals surface area contributed by atoms with Gasteiger partial charge in [-0.05, 0) is 69.5 Å². The van der Waals surface area contributed by atoms with Gasteiger partial charge >= 0.3 is 0 Å². The molecule has 182 valence electrons. The van der Waals surface area contributed by atoms with Crippen LogP contribution in [0.25, 0.3) is 10.1 Å². The predicted octanol–water partition coefficient (Wildman–Crippen LogP) is 7.21. The van der Waals surface area contributed by atoms with E-state index < -0.39 is 6.23 Å². The second-order valence-electron chi connectivity index (χ2n) is 9.27. The van der Waals surface area contributed by atoms with Crippen LogP contribution in [-0.4, -0.2) is 41.8 Å². The summed E-state index contributed by atoms with van der Waals surface area (Å²) >= 11 is 1.60. The number of phenolic OH excluding ortho intramolecular Hbond substituents is 1. The van der Waals surface area contributed by atoms with Crippen LogP contribution in [0.2, 0.25) is 0 Å². The molecule has 0 saturated heterocycles. The first-order valence-electron chi connectivity index (χ1n) is 12.9. The number of thiophene rings is 1. The maximum atomic E-state index is 10.5. The number of hydrogen-bond donors (Lipinski definition) is 3. The molecule has 5 heteroatoms. The molecule has 0 amide bonds. The van der Waals surface area contributed by atoms with Crippen molar-refractivity contribution >= 4 is 21.4 Å². The van der Waals surface area contributed by atoms with Crippen molar-refractivity contribution in [1.82, 2.24) is 10.2 Å². The topological polar surface area (TPSA) is 55.7 Å². The third kappa shape index (κ3) is 10.7. The Bertz CT molecular complexity index is 734. The highest BCUT2D eigenvalue weighted by Crippen LogP contribution is 2.32. The molecule has 32 heavy (non-hydrogen) atoms. The minimum atomic E-state index is -0.669. The first-order valence-corrected chi connectivity index (χ1v) is 13.8. The van der Waals surface area contributed by atoms with E-state index in [-0.39, 0.29) is 5.75 Å². The van der Waals surface area contributed by atoms with E-state index in [1.807, 2.05) is 11.4 Å². The highest BCUT2D eigenvalue weighted by molar-refractivity contribution is 7.17. The summed E-state index contributed by atoms with van der Waals surface area (Å²) in [5.74, 6) is 0.244. The van der Waals surface area contributed by atoms with Gasteiger partial charge in [0.2, 0.25) is 0 Å². The highest BCUT2D eigenvalue weighted by Gasteiger charge is 2.12. The number of rotatable bonds is 19. The summed E-state index contributed by atoms with van der Waals surface area (Å²) in [6, 6.07) is 5.33. The quantitative estimate of drug-likeness (QED) is 0.152. The molecule has 1 unspecified atom stereocenters. The minimum Gasteiger partial charge on any atom is -0.508 e. The van der Waals surface area contributed by atoms with Crippen LogP contribution in [0.1, 0.15) is 102 Å². The molecule has 0 bridgehead atoms. The molecule has 4 nitrogen and oxygen atoms in total. The predicted molar refractivity (Wildman–Crippen MR) is 140 cm³/mol. The molecule has 0 aliphatic carbocycles. The zero-order valence-electron chi connectivity index (χ0n) is 20.5. The SMILES string of the molecule is CCCCCCCCCN(C)CCCCCCCCNC(O)c1csc2ccc(O)cc12. The standard InChI is InChI=1S/C27H46N2O2S/c1-3-4-5-6-8-11-14-19-29(2)20-15-12-9-7-10-13-18-28-27(31)25-22-32-26-17-16-23(30)21-24(25)26/h16-17,21-22,27-28,30-31H,3-15,18-20H2,1-2H3. The summed E-state index contributed by atoms with van der Waals surface area (Å²) in [5, 5.41) is 26.3. The lowest BCUT2D eigenvalue weighted by Gasteiger charge is -2.16. The second-order valence-corrected chi connectivity index (χ2v) is 10.2. The average Bonchev–Trinajstić information content (AvgIpc) is 3.20. The number of nitrogens with one attached hydrogen (secondary N) is 1. The number of nitrogens with zero attached hydrogens (tertiary/aromatic N) is 1. The molecule has 0 fully saturated rings. The van der Waals surface area contributed by atoms with Crippen molar-refractivity contribution in [3.63, 3.8) is 0 Å². The van der Waals surface area contributed by atoms with E-state index in [9.17, 15) is 10.2 Å². The van der Waals surface area contributed by atoms with Crippen LogP contribution in [0.4, 0.5) is 0 Å². The Balaban J connectivity index is 1.42. The molecule has 1 aromatic heterocycles. The van der Waals surface area contributed by atoms with Gasteiger partial charge in [0, 0.05) is 15.6 Å². The van der Waals surface area contributed by atoms with Crippen LogP contribution in [0.15, 0.2) is 23.6 Å². The summed E-state index contributed by atoms with van der Waals surface area (Å²) in [5.41, 5.74) is 0.863. The van der Waals surface area contributed by atoms with Crippen molar-refractivity contribution in [2.45, 2.75) is 96.6 Å². The van der Waals surface area contributed by atoms with Gasteiger partial charge in [-0.25, -0.2) is 0 Å². The smallest absolute Gasteiger partial charge is 0.132 e. The van der Waals surface area contributed by atoms with Gasteiger partial charge in [0.15, 0.2) is 0 Å². The van der Waals surface area contributed by atoms with Crippen LogP contribution < -0.4 is 5.32 Å². The zero-order valence-corrected chi connectivity index (χ0v) is 21.3. The van der Waals surface area contributed by atoms with E-state index >= 15 is 0 Å². The maximum Gasteiger partial charge on any atom is 0.132 e. The number of aliphatic hydroxyl groups excluding tert-OH is 1. The van der Waals surface area contributed by atoms with E-state index in [0.29, 0.717) is 0 Å². The van der Waals surface area contributed by atoms with Gasteiger partial charge in [0.05, 0.1) is 0 Å². The average molecular weight is 463 g/mol. The number of aromatic hydroxyl groups is 1. The Morgan fingerprint density at radius 2 is 1.47 bits per heavy atom. The number of hydrogen-bond acceptors (Lipinski definition) is 5. The van der Waals surface area contributed by atoms with Crippen molar-refractivity contribution in [2.24, 2.45) is 0 Å². The van der Waals surface area contributed by atoms with E-state index in [2.05, 4.69) is 24.2 Å². The van der Waals surface area contributed by atoms with Crippen molar-refractivity contribution in [2.75, 3.05) is 26.7 Å². The van der Waals surface area contributed by atoms with Crippen LogP contribution in [0, 0.1) is 0 Å². The van der Waals surface area contributed by atoms with Crippen molar-refractivity contribution in [3.05, 3.63) is 29.1 Å². The lowest BCUT2D eigenvalue weighted by Crippen LogP contribution is -2.21. The lowest BCUT2D eigenvalue weighted by molar-refractivity contribution is 0.140. The Hall–Kier alpha value is -1.14. The summed E-state index contributed by atoms with van der Waals surface area (Å²) in [6.07, 6.45) is 16.6. The fourth-order valence-corrected chi connectivity index (χ4v) is 5.22. The van der Waals surface area contributed by atoms with Crippen LogP contribution in [0.3, 0.4) is 0 Å². The van der Waals surface area contributed by atoms with E-state index in [1.165, 1.54) is 90.1 Å². The van der Waals surface area contributed by atoms with Crippen LogP contribution in [0.5, 0.6) is 5.75 Å². The van der Waals surface area contributed by atoms with E-state index in [4.69, 9.17) is 0 Å². The summed E-state index contributed by atoms with van der Waals surface area (Å²) in [7, 11) is 2.27. The fraction of sp³-hybridized carbons (Fsp3) is 0.704. The van der Waals surface area contributed by atoms with Gasteiger partial charge in [0.25, 0.3) is 0 Å². The third-order valence-corrected chi connectivity index (χ3v) is 7.31. The number of benzene rings is 1. The summed E-state index contributed by atoms with van der Waals surface area (Å²) < 4.78 is 1.09. The van der Waals surface area contributed by atoms with Crippen molar-refractivity contribution in [1.29, 1.82) is 0 Å². The molecule has 2 rings (SSSR count). The Kier molecular flexibility index (Phi) is 14.0. The molecule has 2 aromatic rings.